The Kier molecular flexibility index (Phi) is 2.04. The van der Waals surface area contributed by atoms with Crippen molar-refractivity contribution in [2.75, 3.05) is 0 Å². The maximum atomic E-state index is 8.57. The summed E-state index contributed by atoms with van der Waals surface area (Å²) >= 11 is 0. The zero-order valence-electron chi connectivity index (χ0n) is 7.52. The first kappa shape index (κ1) is 8.33. The summed E-state index contributed by atoms with van der Waals surface area (Å²) in [6.07, 6.45) is 4.05. The minimum Gasteiger partial charge on any atom is -0.198 e. The van der Waals surface area contributed by atoms with Gasteiger partial charge in [0, 0.05) is 6.42 Å². The van der Waals surface area contributed by atoms with E-state index in [9.17, 15) is 0 Å². The lowest BCUT2D eigenvalue weighted by atomic mass is 9.76. The normalized spacial score (nSPS) is 27.8. The van der Waals surface area contributed by atoms with Gasteiger partial charge in [0.15, 0.2) is 0 Å². The van der Waals surface area contributed by atoms with Crippen molar-refractivity contribution in [2.24, 2.45) is 11.3 Å². The summed E-state index contributed by atoms with van der Waals surface area (Å²) in [7, 11) is 0. The quantitative estimate of drug-likeness (QED) is 0.526. The molecule has 0 aromatic heterocycles. The first-order valence-corrected chi connectivity index (χ1v) is 4.13. The maximum Gasteiger partial charge on any atom is 0.0625 e. The van der Waals surface area contributed by atoms with Crippen LogP contribution in [0.15, 0.2) is 11.6 Å². The molecule has 1 atom stereocenters. The summed E-state index contributed by atoms with van der Waals surface area (Å²) in [6.45, 7) is 6.62. The average Bonchev–Trinajstić information content (AvgIpc) is 2.16. The van der Waals surface area contributed by atoms with Crippen LogP contribution in [0, 0.1) is 22.7 Å². The van der Waals surface area contributed by atoms with Gasteiger partial charge in [0.2, 0.25) is 0 Å². The van der Waals surface area contributed by atoms with Crippen LogP contribution in [0.2, 0.25) is 0 Å². The Balaban J connectivity index is 2.72. The van der Waals surface area contributed by atoms with Crippen LogP contribution in [0.4, 0.5) is 0 Å². The molecule has 1 aliphatic carbocycles. The summed E-state index contributed by atoms with van der Waals surface area (Å²) in [5.74, 6) is 0.549. The molecule has 0 aromatic carbocycles. The fourth-order valence-electron chi connectivity index (χ4n) is 1.65. The topological polar surface area (TPSA) is 23.8 Å². The minimum atomic E-state index is 0.260. The molecule has 0 heterocycles. The monoisotopic (exact) mass is 149 g/mol. The molecule has 11 heavy (non-hydrogen) atoms. The first-order valence-electron chi connectivity index (χ1n) is 4.13. The van der Waals surface area contributed by atoms with E-state index in [0.717, 1.165) is 6.42 Å². The van der Waals surface area contributed by atoms with E-state index in [2.05, 4.69) is 32.9 Å². The lowest BCUT2D eigenvalue weighted by molar-refractivity contribution is 0.297. The molecule has 60 valence electrons. The molecule has 0 amide bonds. The van der Waals surface area contributed by atoms with Crippen molar-refractivity contribution in [3.05, 3.63) is 11.6 Å². The maximum absolute atomic E-state index is 8.57. The Hall–Kier alpha value is -0.770. The summed E-state index contributed by atoms with van der Waals surface area (Å²) < 4.78 is 0. The molecule has 0 saturated heterocycles. The van der Waals surface area contributed by atoms with Crippen molar-refractivity contribution in [1.82, 2.24) is 0 Å². The molecule has 1 heteroatoms. The van der Waals surface area contributed by atoms with Crippen LogP contribution in [-0.2, 0) is 0 Å². The smallest absolute Gasteiger partial charge is 0.0625 e. The van der Waals surface area contributed by atoms with Crippen LogP contribution in [0.25, 0.3) is 0 Å². The van der Waals surface area contributed by atoms with Gasteiger partial charge in [0.25, 0.3) is 0 Å². The van der Waals surface area contributed by atoms with Crippen LogP contribution in [0.3, 0.4) is 0 Å². The van der Waals surface area contributed by atoms with E-state index in [1.165, 1.54) is 5.57 Å². The molecule has 0 bridgehead atoms. The molecule has 0 aliphatic heterocycles. The Morgan fingerprint density at radius 3 is 2.73 bits per heavy atom. The van der Waals surface area contributed by atoms with E-state index < -0.39 is 0 Å². The molecule has 0 N–H and O–H groups in total. The molecular formula is C10H15N. The van der Waals surface area contributed by atoms with Crippen LogP contribution < -0.4 is 0 Å². The predicted molar refractivity (Wildman–Crippen MR) is 45.9 cm³/mol. The van der Waals surface area contributed by atoms with Gasteiger partial charge in [-0.3, -0.25) is 0 Å². The molecule has 1 rings (SSSR count). The second-order valence-corrected chi connectivity index (χ2v) is 3.90. The van der Waals surface area contributed by atoms with Crippen molar-refractivity contribution < 1.29 is 0 Å². The van der Waals surface area contributed by atoms with E-state index >= 15 is 0 Å². The zero-order chi connectivity index (χ0) is 8.48. The number of rotatable bonds is 1. The Morgan fingerprint density at radius 2 is 2.36 bits per heavy atom. The standard InChI is InChI=1S/C10H15N/c1-8-4-5-9(6-7-11)10(8,2)3/h4,9H,5-6H2,1-3H3/t9-/m1/s1. The third-order valence-electron chi connectivity index (χ3n) is 3.08. The summed E-state index contributed by atoms with van der Waals surface area (Å²) in [5.41, 5.74) is 1.70. The minimum absolute atomic E-state index is 0.260. The number of hydrogen-bond acceptors (Lipinski definition) is 1. The summed E-state index contributed by atoms with van der Waals surface area (Å²) in [4.78, 5) is 0. The fraction of sp³-hybridized carbons (Fsp3) is 0.700. The van der Waals surface area contributed by atoms with Gasteiger partial charge in [0.1, 0.15) is 0 Å². The molecule has 1 nitrogen and oxygen atoms in total. The molecule has 0 unspecified atom stereocenters. The number of nitriles is 1. The van der Waals surface area contributed by atoms with Crippen molar-refractivity contribution in [3.63, 3.8) is 0 Å². The van der Waals surface area contributed by atoms with E-state index in [4.69, 9.17) is 5.26 Å². The Morgan fingerprint density at radius 1 is 1.73 bits per heavy atom. The zero-order valence-corrected chi connectivity index (χ0v) is 7.52. The molecular weight excluding hydrogens is 134 g/mol. The van der Waals surface area contributed by atoms with Gasteiger partial charge in [-0.05, 0) is 24.7 Å². The van der Waals surface area contributed by atoms with Gasteiger partial charge < -0.3 is 0 Å². The highest BCUT2D eigenvalue weighted by Gasteiger charge is 2.34. The molecule has 0 radical (unpaired) electrons. The van der Waals surface area contributed by atoms with Crippen molar-refractivity contribution in [3.8, 4) is 6.07 Å². The van der Waals surface area contributed by atoms with Crippen LogP contribution in [0.5, 0.6) is 0 Å². The molecule has 0 saturated carbocycles. The Labute approximate surface area is 68.7 Å². The van der Waals surface area contributed by atoms with Gasteiger partial charge in [-0.15, -0.1) is 0 Å². The predicted octanol–water partition coefficient (Wildman–Crippen LogP) is 2.89. The highest BCUT2D eigenvalue weighted by Crippen LogP contribution is 2.44. The summed E-state index contributed by atoms with van der Waals surface area (Å²) in [5, 5.41) is 8.57. The first-order chi connectivity index (χ1) is 5.09. The van der Waals surface area contributed by atoms with E-state index in [-0.39, 0.29) is 5.41 Å². The van der Waals surface area contributed by atoms with Crippen molar-refractivity contribution in [1.29, 1.82) is 5.26 Å². The molecule has 0 fully saturated rings. The third-order valence-corrected chi connectivity index (χ3v) is 3.08. The number of nitrogens with zero attached hydrogens (tertiary/aromatic N) is 1. The van der Waals surface area contributed by atoms with Crippen LogP contribution in [0.1, 0.15) is 33.6 Å². The van der Waals surface area contributed by atoms with E-state index in [1.807, 2.05) is 0 Å². The second-order valence-electron chi connectivity index (χ2n) is 3.90. The van der Waals surface area contributed by atoms with Gasteiger partial charge in [-0.2, -0.15) is 5.26 Å². The van der Waals surface area contributed by atoms with Gasteiger partial charge in [-0.1, -0.05) is 25.5 Å². The van der Waals surface area contributed by atoms with Crippen LogP contribution in [-0.4, -0.2) is 0 Å². The van der Waals surface area contributed by atoms with Gasteiger partial charge in [0.05, 0.1) is 6.07 Å². The second kappa shape index (κ2) is 2.70. The lowest BCUT2D eigenvalue weighted by Crippen LogP contribution is -2.19. The molecule has 1 aliphatic rings. The number of allylic oxidation sites excluding steroid dienone is 2. The lowest BCUT2D eigenvalue weighted by Gasteiger charge is -2.27. The van der Waals surface area contributed by atoms with E-state index in [0.29, 0.717) is 12.3 Å². The van der Waals surface area contributed by atoms with Gasteiger partial charge in [-0.25, -0.2) is 0 Å². The molecule has 0 aromatic rings. The third kappa shape index (κ3) is 1.30. The SMILES string of the molecule is CC1=CC[C@H](CC#N)C1(C)C. The summed E-state index contributed by atoms with van der Waals surface area (Å²) in [6, 6.07) is 2.25. The number of hydrogen-bond donors (Lipinski definition) is 0. The van der Waals surface area contributed by atoms with Crippen molar-refractivity contribution >= 4 is 0 Å². The molecule has 0 spiro atoms. The largest absolute Gasteiger partial charge is 0.198 e. The van der Waals surface area contributed by atoms with Crippen LogP contribution >= 0.6 is 0 Å². The average molecular weight is 149 g/mol. The van der Waals surface area contributed by atoms with E-state index in [1.54, 1.807) is 0 Å². The highest BCUT2D eigenvalue weighted by atomic mass is 14.4. The highest BCUT2D eigenvalue weighted by molar-refractivity contribution is 5.18. The fourth-order valence-corrected chi connectivity index (χ4v) is 1.65. The van der Waals surface area contributed by atoms with Crippen molar-refractivity contribution in [2.45, 2.75) is 33.6 Å². The van der Waals surface area contributed by atoms with Gasteiger partial charge >= 0.3 is 0 Å². The Bertz CT molecular complexity index is 218.